The molecule has 1 heterocycles. The molecule has 0 aromatic rings. The molecule has 1 aliphatic heterocycles. The van der Waals surface area contributed by atoms with Crippen molar-refractivity contribution >= 4 is 0 Å². The zero-order valence-electron chi connectivity index (χ0n) is 7.59. The topological polar surface area (TPSA) is 35.5 Å². The molecule has 0 unspecified atom stereocenters. The van der Waals surface area contributed by atoms with Crippen LogP contribution < -0.4 is 5.43 Å². The second kappa shape index (κ2) is 3.09. The van der Waals surface area contributed by atoms with E-state index in [1.807, 2.05) is 6.92 Å². The number of nitrogens with zero attached hydrogens (tertiary/aromatic N) is 1. The van der Waals surface area contributed by atoms with Crippen LogP contribution in [0.5, 0.6) is 0 Å². The summed E-state index contributed by atoms with van der Waals surface area (Å²) in [6.45, 7) is 7.77. The fraction of sp³-hybridized carbons (Fsp3) is 1.00. The van der Waals surface area contributed by atoms with Gasteiger partial charge in [-0.3, -0.25) is 5.43 Å². The summed E-state index contributed by atoms with van der Waals surface area (Å²) in [5, 5.41) is 11.7. The maximum Gasteiger partial charge on any atom is 0.0770 e. The predicted octanol–water partition coefficient (Wildman–Crippen LogP) is 0.356. The van der Waals surface area contributed by atoms with Crippen molar-refractivity contribution in [1.82, 2.24) is 10.4 Å². The van der Waals surface area contributed by atoms with Crippen molar-refractivity contribution < 1.29 is 5.11 Å². The van der Waals surface area contributed by atoms with E-state index in [-0.39, 0.29) is 0 Å². The molecule has 11 heavy (non-hydrogen) atoms. The molecule has 3 nitrogen and oxygen atoms in total. The molecule has 0 aromatic carbocycles. The van der Waals surface area contributed by atoms with Gasteiger partial charge in [0, 0.05) is 19.1 Å². The van der Waals surface area contributed by atoms with E-state index >= 15 is 0 Å². The fourth-order valence-corrected chi connectivity index (χ4v) is 1.24. The highest BCUT2D eigenvalue weighted by atomic mass is 16.3. The Labute approximate surface area is 68.4 Å². The summed E-state index contributed by atoms with van der Waals surface area (Å²) in [5.74, 6) is 0. The Kier molecular flexibility index (Phi) is 2.52. The van der Waals surface area contributed by atoms with Gasteiger partial charge in [0.15, 0.2) is 0 Å². The minimum absolute atomic E-state index is 0.509. The zero-order valence-corrected chi connectivity index (χ0v) is 7.59. The quantitative estimate of drug-likeness (QED) is 0.578. The van der Waals surface area contributed by atoms with Gasteiger partial charge in [-0.1, -0.05) is 0 Å². The molecule has 0 aromatic heterocycles. The van der Waals surface area contributed by atoms with E-state index in [1.54, 1.807) is 0 Å². The van der Waals surface area contributed by atoms with Crippen LogP contribution in [0, 0.1) is 0 Å². The SMILES string of the molecule is CC(C)N1CC[C@](C)(O)CN1. The lowest BCUT2D eigenvalue weighted by Gasteiger charge is -2.38. The van der Waals surface area contributed by atoms with Gasteiger partial charge >= 0.3 is 0 Å². The first-order valence-electron chi connectivity index (χ1n) is 4.24. The van der Waals surface area contributed by atoms with Crippen molar-refractivity contribution in [3.8, 4) is 0 Å². The van der Waals surface area contributed by atoms with Crippen LogP contribution in [0.1, 0.15) is 27.2 Å². The number of hydrazine groups is 1. The van der Waals surface area contributed by atoms with Gasteiger partial charge in [-0.05, 0) is 27.2 Å². The molecule has 0 saturated carbocycles. The van der Waals surface area contributed by atoms with Crippen molar-refractivity contribution in [3.05, 3.63) is 0 Å². The smallest absolute Gasteiger partial charge is 0.0770 e. The number of β-amino-alcohol motifs (C(OH)–C–C–N with tert-alkyl or cyclic N) is 1. The lowest BCUT2D eigenvalue weighted by atomic mass is 10.0. The number of rotatable bonds is 1. The maximum absolute atomic E-state index is 9.58. The van der Waals surface area contributed by atoms with E-state index in [2.05, 4.69) is 24.3 Å². The zero-order chi connectivity index (χ0) is 8.48. The molecule has 1 rings (SSSR count). The van der Waals surface area contributed by atoms with Crippen LogP contribution in [0.15, 0.2) is 0 Å². The summed E-state index contributed by atoms with van der Waals surface area (Å²) in [6, 6.07) is 0.520. The molecule has 1 fully saturated rings. The van der Waals surface area contributed by atoms with Gasteiger partial charge in [0.2, 0.25) is 0 Å². The van der Waals surface area contributed by atoms with Crippen molar-refractivity contribution in [2.24, 2.45) is 0 Å². The highest BCUT2D eigenvalue weighted by molar-refractivity contribution is 4.81. The molecule has 1 saturated heterocycles. The fourth-order valence-electron chi connectivity index (χ4n) is 1.24. The standard InChI is InChI=1S/C8H18N2O/c1-7(2)10-5-4-8(3,11)6-9-10/h7,9,11H,4-6H2,1-3H3/t8-/m0/s1. The molecule has 0 radical (unpaired) electrons. The van der Waals surface area contributed by atoms with Gasteiger partial charge in [0.05, 0.1) is 5.60 Å². The van der Waals surface area contributed by atoms with Crippen LogP contribution in [-0.2, 0) is 0 Å². The van der Waals surface area contributed by atoms with Gasteiger partial charge < -0.3 is 5.11 Å². The van der Waals surface area contributed by atoms with Crippen LogP contribution in [0.2, 0.25) is 0 Å². The number of hydrogen-bond donors (Lipinski definition) is 2. The monoisotopic (exact) mass is 158 g/mol. The average molecular weight is 158 g/mol. The van der Waals surface area contributed by atoms with Crippen LogP contribution in [0.25, 0.3) is 0 Å². The molecule has 0 spiro atoms. The van der Waals surface area contributed by atoms with Gasteiger partial charge in [-0.2, -0.15) is 0 Å². The lowest BCUT2D eigenvalue weighted by Crippen LogP contribution is -2.56. The molecule has 0 aliphatic carbocycles. The normalized spacial score (nSPS) is 34.6. The van der Waals surface area contributed by atoms with E-state index < -0.39 is 5.60 Å². The third-order valence-electron chi connectivity index (χ3n) is 2.18. The summed E-state index contributed by atoms with van der Waals surface area (Å²) >= 11 is 0. The molecule has 0 bridgehead atoms. The first kappa shape index (κ1) is 8.97. The van der Waals surface area contributed by atoms with Gasteiger partial charge in [0.1, 0.15) is 0 Å². The summed E-state index contributed by atoms with van der Waals surface area (Å²) in [5.41, 5.74) is 2.68. The third kappa shape index (κ3) is 2.43. The molecule has 1 aliphatic rings. The molecule has 3 heteroatoms. The second-order valence-electron chi connectivity index (χ2n) is 3.87. The molecular weight excluding hydrogens is 140 g/mol. The van der Waals surface area contributed by atoms with E-state index in [0.717, 1.165) is 13.0 Å². The molecular formula is C8H18N2O. The Hall–Kier alpha value is -0.120. The van der Waals surface area contributed by atoms with Crippen LogP contribution in [0.3, 0.4) is 0 Å². The van der Waals surface area contributed by atoms with E-state index in [1.165, 1.54) is 0 Å². The summed E-state index contributed by atoms with van der Waals surface area (Å²) in [4.78, 5) is 0. The van der Waals surface area contributed by atoms with Crippen LogP contribution in [0.4, 0.5) is 0 Å². The minimum Gasteiger partial charge on any atom is -0.389 e. The van der Waals surface area contributed by atoms with Crippen molar-refractivity contribution in [2.75, 3.05) is 13.1 Å². The largest absolute Gasteiger partial charge is 0.389 e. The maximum atomic E-state index is 9.58. The van der Waals surface area contributed by atoms with Crippen molar-refractivity contribution in [3.63, 3.8) is 0 Å². The Balaban J connectivity index is 2.36. The number of hydrogen-bond acceptors (Lipinski definition) is 3. The molecule has 2 N–H and O–H groups in total. The van der Waals surface area contributed by atoms with E-state index in [0.29, 0.717) is 12.6 Å². The van der Waals surface area contributed by atoms with Crippen LogP contribution in [-0.4, -0.2) is 34.8 Å². The molecule has 66 valence electrons. The van der Waals surface area contributed by atoms with Crippen molar-refractivity contribution in [1.29, 1.82) is 0 Å². The van der Waals surface area contributed by atoms with Gasteiger partial charge in [0.25, 0.3) is 0 Å². The second-order valence-corrected chi connectivity index (χ2v) is 3.87. The summed E-state index contributed by atoms with van der Waals surface area (Å²) in [7, 11) is 0. The Morgan fingerprint density at radius 2 is 2.18 bits per heavy atom. The third-order valence-corrected chi connectivity index (χ3v) is 2.18. The predicted molar refractivity (Wildman–Crippen MR) is 45.1 cm³/mol. The first-order valence-corrected chi connectivity index (χ1v) is 4.24. The Bertz CT molecular complexity index is 124. The average Bonchev–Trinajstić information content (AvgIpc) is 1.86. The lowest BCUT2D eigenvalue weighted by molar-refractivity contribution is -0.0322. The first-order chi connectivity index (χ1) is 5.01. The highest BCUT2D eigenvalue weighted by Crippen LogP contribution is 2.14. The summed E-state index contributed by atoms with van der Waals surface area (Å²) < 4.78 is 0. The van der Waals surface area contributed by atoms with Crippen LogP contribution >= 0.6 is 0 Å². The minimum atomic E-state index is -0.509. The molecule has 0 amide bonds. The molecule has 1 atom stereocenters. The Morgan fingerprint density at radius 1 is 1.55 bits per heavy atom. The number of aliphatic hydroxyl groups is 1. The highest BCUT2D eigenvalue weighted by Gasteiger charge is 2.27. The Morgan fingerprint density at radius 3 is 2.55 bits per heavy atom. The van der Waals surface area contributed by atoms with Gasteiger partial charge in [-0.25, -0.2) is 5.01 Å². The van der Waals surface area contributed by atoms with Gasteiger partial charge in [-0.15, -0.1) is 0 Å². The van der Waals surface area contributed by atoms with E-state index in [9.17, 15) is 5.11 Å². The summed E-state index contributed by atoms with van der Waals surface area (Å²) in [6.07, 6.45) is 0.859. The van der Waals surface area contributed by atoms with Crippen molar-refractivity contribution in [2.45, 2.75) is 38.8 Å². The number of nitrogens with one attached hydrogen (secondary N) is 1. The van der Waals surface area contributed by atoms with E-state index in [4.69, 9.17) is 0 Å².